The smallest absolute Gasteiger partial charge is 0.265 e. The molecule has 1 saturated heterocycles. The molecule has 1 unspecified atom stereocenters. The number of sulfonamides is 1. The van der Waals surface area contributed by atoms with Gasteiger partial charge >= 0.3 is 0 Å². The van der Waals surface area contributed by atoms with Crippen LogP contribution in [0.1, 0.15) is 31.9 Å². The molecule has 172 valence electrons. The summed E-state index contributed by atoms with van der Waals surface area (Å²) in [5.41, 5.74) is 0.352. The molecule has 1 atom stereocenters. The first-order valence-electron chi connectivity index (χ1n) is 10.7. The number of piperidine rings is 1. The number of hydrogen-bond acceptors (Lipinski definition) is 6. The lowest BCUT2D eigenvalue weighted by Gasteiger charge is -2.32. The van der Waals surface area contributed by atoms with E-state index in [0.29, 0.717) is 43.0 Å². The number of nitrogens with one attached hydrogen (secondary N) is 1. The summed E-state index contributed by atoms with van der Waals surface area (Å²) in [6.45, 7) is 2.74. The lowest BCUT2D eigenvalue weighted by Crippen LogP contribution is -2.43. The quantitative estimate of drug-likeness (QED) is 0.708. The van der Waals surface area contributed by atoms with E-state index in [0.717, 1.165) is 0 Å². The van der Waals surface area contributed by atoms with Crippen molar-refractivity contribution in [3.05, 3.63) is 42.4 Å². The van der Waals surface area contributed by atoms with Gasteiger partial charge in [-0.2, -0.15) is 4.31 Å². The largest absolute Gasteiger partial charge is 0.478 e. The molecular weight excluding hydrogens is 434 g/mol. The molecule has 2 amide bonds. The van der Waals surface area contributed by atoms with Crippen LogP contribution in [0, 0.1) is 5.92 Å². The number of carbonyl (C=O) groups excluding carboxylic acids is 2. The van der Waals surface area contributed by atoms with Gasteiger partial charge in [0.25, 0.3) is 5.91 Å². The fraction of sp³-hybridized carbons (Fsp3) is 0.455. The highest BCUT2D eigenvalue weighted by Gasteiger charge is 2.34. The van der Waals surface area contributed by atoms with E-state index in [1.165, 1.54) is 16.4 Å². The second-order valence-corrected chi connectivity index (χ2v) is 10.1. The molecular formula is C22H27N3O6S. The van der Waals surface area contributed by atoms with Crippen LogP contribution in [0.15, 0.2) is 45.9 Å². The number of anilines is 1. The van der Waals surface area contributed by atoms with E-state index >= 15 is 0 Å². The molecule has 3 heterocycles. The molecule has 0 bridgehead atoms. The van der Waals surface area contributed by atoms with Crippen LogP contribution in [0.3, 0.4) is 0 Å². The van der Waals surface area contributed by atoms with E-state index in [1.807, 2.05) is 13.0 Å². The summed E-state index contributed by atoms with van der Waals surface area (Å²) in [4.78, 5) is 26.5. The van der Waals surface area contributed by atoms with Gasteiger partial charge in [-0.25, -0.2) is 8.42 Å². The Morgan fingerprint density at radius 1 is 1.25 bits per heavy atom. The lowest BCUT2D eigenvalue weighted by atomic mass is 9.96. The third-order valence-electron chi connectivity index (χ3n) is 5.93. The maximum atomic E-state index is 13.2. The number of fused-ring (bicyclic) bond motifs is 1. The van der Waals surface area contributed by atoms with Crippen LogP contribution in [0.5, 0.6) is 5.75 Å². The Kier molecular flexibility index (Phi) is 6.25. The van der Waals surface area contributed by atoms with Gasteiger partial charge < -0.3 is 19.4 Å². The Morgan fingerprint density at radius 3 is 2.66 bits per heavy atom. The summed E-state index contributed by atoms with van der Waals surface area (Å²) >= 11 is 0. The normalized spacial score (nSPS) is 19.7. The highest BCUT2D eigenvalue weighted by molar-refractivity contribution is 7.89. The molecule has 2 aliphatic rings. The minimum atomic E-state index is -3.76. The highest BCUT2D eigenvalue weighted by atomic mass is 32.2. The lowest BCUT2D eigenvalue weighted by molar-refractivity contribution is -0.136. The van der Waals surface area contributed by atoms with Crippen molar-refractivity contribution in [1.29, 1.82) is 0 Å². The maximum Gasteiger partial charge on any atom is 0.265 e. The van der Waals surface area contributed by atoms with Crippen LogP contribution < -0.4 is 10.1 Å². The van der Waals surface area contributed by atoms with Crippen LogP contribution in [0.2, 0.25) is 0 Å². The van der Waals surface area contributed by atoms with Crippen LogP contribution in [0.25, 0.3) is 0 Å². The highest BCUT2D eigenvalue weighted by Crippen LogP contribution is 2.34. The Bertz CT molecular complexity index is 1090. The van der Waals surface area contributed by atoms with Gasteiger partial charge in [-0.05, 0) is 49.6 Å². The summed E-state index contributed by atoms with van der Waals surface area (Å²) < 4.78 is 38.6. The molecule has 1 aromatic carbocycles. The van der Waals surface area contributed by atoms with E-state index in [-0.39, 0.29) is 35.7 Å². The van der Waals surface area contributed by atoms with Gasteiger partial charge in [-0.3, -0.25) is 9.59 Å². The number of benzene rings is 1. The molecule has 1 aromatic heterocycles. The third-order valence-corrected chi connectivity index (χ3v) is 7.83. The summed E-state index contributed by atoms with van der Waals surface area (Å²) in [5, 5.41) is 2.72. The van der Waals surface area contributed by atoms with Gasteiger partial charge in [0.15, 0.2) is 6.10 Å². The predicted octanol–water partition coefficient (Wildman–Crippen LogP) is 2.45. The van der Waals surface area contributed by atoms with E-state index in [1.54, 1.807) is 30.3 Å². The molecule has 10 heteroatoms. The molecule has 0 radical (unpaired) electrons. The molecule has 9 nitrogen and oxygen atoms in total. The zero-order chi connectivity index (χ0) is 22.9. The summed E-state index contributed by atoms with van der Waals surface area (Å²) in [5.74, 6) is 0.627. The Balaban J connectivity index is 1.40. The second kappa shape index (κ2) is 8.95. The SMILES string of the molecule is CCC1Oc2ccc(S(=O)(=O)N3CCC(C(=O)N(C)Cc4ccco4)CC3)cc2NC1=O. The average Bonchev–Trinajstić information content (AvgIpc) is 3.30. The van der Waals surface area contributed by atoms with Gasteiger partial charge in [-0.1, -0.05) is 6.92 Å². The second-order valence-electron chi connectivity index (χ2n) is 8.11. The molecule has 32 heavy (non-hydrogen) atoms. The van der Waals surface area contributed by atoms with Crippen LogP contribution >= 0.6 is 0 Å². The Hall–Kier alpha value is -2.85. The summed E-state index contributed by atoms with van der Waals surface area (Å²) in [7, 11) is -2.03. The molecule has 2 aliphatic heterocycles. The molecule has 1 fully saturated rings. The number of carbonyl (C=O) groups is 2. The number of ether oxygens (including phenoxy) is 1. The average molecular weight is 462 g/mol. The summed E-state index contributed by atoms with van der Waals surface area (Å²) in [6.07, 6.45) is 2.41. The number of furan rings is 1. The van der Waals surface area contributed by atoms with E-state index < -0.39 is 16.1 Å². The minimum Gasteiger partial charge on any atom is -0.478 e. The standard InChI is InChI=1S/C22H27N3O6S/c1-3-19-21(26)23-18-13-17(6-7-20(18)31-19)32(28,29)25-10-8-15(9-11-25)22(27)24(2)14-16-5-4-12-30-16/h4-7,12-13,15,19H,3,8-11,14H2,1-2H3,(H,23,26). The Labute approximate surface area is 187 Å². The van der Waals surface area contributed by atoms with Crippen molar-refractivity contribution in [3.63, 3.8) is 0 Å². The van der Waals surface area contributed by atoms with E-state index in [9.17, 15) is 18.0 Å². The van der Waals surface area contributed by atoms with Gasteiger partial charge in [0, 0.05) is 26.1 Å². The first-order chi connectivity index (χ1) is 15.3. The maximum absolute atomic E-state index is 13.2. The molecule has 0 spiro atoms. The molecule has 4 rings (SSSR count). The van der Waals surface area contributed by atoms with Gasteiger partial charge in [0.1, 0.15) is 11.5 Å². The zero-order valence-corrected chi connectivity index (χ0v) is 18.9. The fourth-order valence-electron chi connectivity index (χ4n) is 4.08. The van der Waals surface area contributed by atoms with Crippen molar-refractivity contribution in [3.8, 4) is 5.75 Å². The molecule has 0 aliphatic carbocycles. The van der Waals surface area contributed by atoms with Gasteiger partial charge in [0.05, 0.1) is 23.4 Å². The van der Waals surface area contributed by atoms with Crippen molar-refractivity contribution in [2.75, 3.05) is 25.5 Å². The molecule has 0 saturated carbocycles. The summed E-state index contributed by atoms with van der Waals surface area (Å²) in [6, 6.07) is 8.09. The number of amides is 2. The first-order valence-corrected chi connectivity index (χ1v) is 12.1. The van der Waals surface area contributed by atoms with Crippen molar-refractivity contribution in [2.24, 2.45) is 5.92 Å². The fourth-order valence-corrected chi connectivity index (χ4v) is 5.57. The van der Waals surface area contributed by atoms with E-state index in [2.05, 4.69) is 5.32 Å². The minimum absolute atomic E-state index is 0.0161. The number of hydrogen-bond donors (Lipinski definition) is 1. The van der Waals surface area contributed by atoms with Crippen molar-refractivity contribution in [1.82, 2.24) is 9.21 Å². The molecule has 2 aromatic rings. The van der Waals surface area contributed by atoms with Gasteiger partial charge in [0.2, 0.25) is 15.9 Å². The van der Waals surface area contributed by atoms with Gasteiger partial charge in [-0.15, -0.1) is 0 Å². The number of nitrogens with zero attached hydrogens (tertiary/aromatic N) is 2. The predicted molar refractivity (Wildman–Crippen MR) is 116 cm³/mol. The van der Waals surface area contributed by atoms with Crippen molar-refractivity contribution in [2.45, 2.75) is 43.7 Å². The first kappa shape index (κ1) is 22.3. The topological polar surface area (TPSA) is 109 Å². The monoisotopic (exact) mass is 461 g/mol. The van der Waals surface area contributed by atoms with Crippen LogP contribution in [-0.4, -0.2) is 55.7 Å². The molecule has 1 N–H and O–H groups in total. The van der Waals surface area contributed by atoms with E-state index in [4.69, 9.17) is 9.15 Å². The third kappa shape index (κ3) is 4.37. The Morgan fingerprint density at radius 2 is 2.00 bits per heavy atom. The van der Waals surface area contributed by atoms with Crippen LogP contribution in [-0.2, 0) is 26.2 Å². The number of rotatable bonds is 6. The van der Waals surface area contributed by atoms with Crippen LogP contribution in [0.4, 0.5) is 5.69 Å². The van der Waals surface area contributed by atoms with Crippen molar-refractivity contribution >= 4 is 27.5 Å². The van der Waals surface area contributed by atoms with Crippen molar-refractivity contribution < 1.29 is 27.2 Å². The zero-order valence-electron chi connectivity index (χ0n) is 18.1.